The maximum Gasteiger partial charge on any atom is 0.405 e. The maximum atomic E-state index is 13.9. The number of hydrogen-bond donors (Lipinski definition) is 6. The van der Waals surface area contributed by atoms with Gasteiger partial charge in [-0.05, 0) is 46.9 Å². The van der Waals surface area contributed by atoms with Gasteiger partial charge in [-0.2, -0.15) is 4.31 Å². The third-order valence-electron chi connectivity index (χ3n) is 7.96. The number of hydrogen-bond acceptors (Lipinski definition) is 8. The number of sulfonamides is 1. The molecule has 5 atom stereocenters. The molecule has 2 aromatic rings. The molecule has 0 saturated heterocycles. The second kappa shape index (κ2) is 17.9. The SMILES string of the molecule is CC[C@H](C)[C@H](NC(=O)C(NC(=O)O)C(C)(C)C)C(=O)N[C@@H](Cc1ccccc1)[C@@H](O)CN(CC(C)C)S(=O)(=O)c1ccc(C=NO)cc1. The number of nitrogens with one attached hydrogen (secondary N) is 3. The average Bonchev–Trinajstić information content (AvgIpc) is 3.01. The van der Waals surface area contributed by atoms with E-state index in [2.05, 4.69) is 21.1 Å². The third-order valence-corrected chi connectivity index (χ3v) is 9.81. The van der Waals surface area contributed by atoms with Gasteiger partial charge in [0, 0.05) is 13.1 Å². The van der Waals surface area contributed by atoms with Gasteiger partial charge >= 0.3 is 6.09 Å². The van der Waals surface area contributed by atoms with Crippen LogP contribution in [0.3, 0.4) is 0 Å². The molecule has 13 nitrogen and oxygen atoms in total. The number of carboxylic acid groups (broad SMARTS) is 1. The standard InChI is InChI=1S/C34H51N5O8S/c1-8-23(4)29(37-32(42)30(34(5,6)7)38-33(43)44)31(41)36-27(18-24-12-10-9-11-13-24)28(40)21-39(20-22(2)3)48(46,47)26-16-14-25(15-17-26)19-35-45/h9-17,19,22-23,27-30,38,40,45H,8,18,20-21H2,1-7H3,(H,36,41)(H,37,42)(H,43,44)/t23-,27-,28-,29-,30?/m0/s1. The second-order valence-electron chi connectivity index (χ2n) is 13.5. The Morgan fingerprint density at radius 2 is 1.52 bits per heavy atom. The number of benzene rings is 2. The summed E-state index contributed by atoms with van der Waals surface area (Å²) < 4.78 is 28.8. The van der Waals surface area contributed by atoms with Crippen LogP contribution < -0.4 is 16.0 Å². The first-order valence-corrected chi connectivity index (χ1v) is 17.4. The second-order valence-corrected chi connectivity index (χ2v) is 15.5. The summed E-state index contributed by atoms with van der Waals surface area (Å²) >= 11 is 0. The van der Waals surface area contributed by atoms with Crippen LogP contribution in [0.2, 0.25) is 0 Å². The molecule has 0 aromatic heterocycles. The van der Waals surface area contributed by atoms with Gasteiger partial charge in [0.1, 0.15) is 12.1 Å². The van der Waals surface area contributed by atoms with Crippen LogP contribution in [0.1, 0.15) is 66.0 Å². The molecule has 0 heterocycles. The molecule has 2 rings (SSSR count). The third kappa shape index (κ3) is 11.9. The first-order chi connectivity index (χ1) is 22.4. The monoisotopic (exact) mass is 689 g/mol. The topological polar surface area (TPSA) is 198 Å². The summed E-state index contributed by atoms with van der Waals surface area (Å²) in [6.07, 6.45) is -0.918. The highest BCUT2D eigenvalue weighted by atomic mass is 32.2. The minimum atomic E-state index is -4.10. The Bertz CT molecular complexity index is 1480. The zero-order valence-corrected chi connectivity index (χ0v) is 29.6. The van der Waals surface area contributed by atoms with Crippen molar-refractivity contribution in [2.24, 2.45) is 22.4 Å². The number of aliphatic hydroxyl groups excluding tert-OH is 1. The van der Waals surface area contributed by atoms with Crippen molar-refractivity contribution in [1.82, 2.24) is 20.3 Å². The molecule has 2 aromatic carbocycles. The zero-order valence-electron chi connectivity index (χ0n) is 28.8. The summed E-state index contributed by atoms with van der Waals surface area (Å²) in [5.74, 6) is -1.74. The van der Waals surface area contributed by atoms with E-state index in [1.54, 1.807) is 27.7 Å². The molecule has 0 bridgehead atoms. The van der Waals surface area contributed by atoms with Gasteiger partial charge in [0.15, 0.2) is 0 Å². The van der Waals surface area contributed by atoms with Crippen LogP contribution in [-0.4, -0.2) is 89.6 Å². The minimum absolute atomic E-state index is 0.0167. The van der Waals surface area contributed by atoms with Crippen LogP contribution in [0, 0.1) is 17.3 Å². The molecule has 0 fully saturated rings. The predicted molar refractivity (Wildman–Crippen MR) is 183 cm³/mol. The van der Waals surface area contributed by atoms with Crippen molar-refractivity contribution in [3.8, 4) is 0 Å². The number of aliphatic hydroxyl groups is 1. The lowest BCUT2D eigenvalue weighted by Gasteiger charge is -2.34. The highest BCUT2D eigenvalue weighted by Gasteiger charge is 2.38. The Balaban J connectivity index is 2.45. The fourth-order valence-electron chi connectivity index (χ4n) is 5.12. The van der Waals surface area contributed by atoms with Crippen LogP contribution in [0.4, 0.5) is 4.79 Å². The van der Waals surface area contributed by atoms with Gasteiger partial charge < -0.3 is 31.4 Å². The smallest absolute Gasteiger partial charge is 0.405 e. The van der Waals surface area contributed by atoms with E-state index < -0.39 is 57.6 Å². The van der Waals surface area contributed by atoms with Crippen molar-refractivity contribution in [3.05, 3.63) is 65.7 Å². The Labute approximate surface area is 283 Å². The zero-order chi connectivity index (χ0) is 36.2. The highest BCUT2D eigenvalue weighted by Crippen LogP contribution is 2.22. The summed E-state index contributed by atoms with van der Waals surface area (Å²) in [4.78, 5) is 38.7. The fourth-order valence-corrected chi connectivity index (χ4v) is 6.74. The van der Waals surface area contributed by atoms with Crippen LogP contribution in [0.15, 0.2) is 64.6 Å². The summed E-state index contributed by atoms with van der Waals surface area (Å²) in [6, 6.07) is 11.7. The molecule has 3 amide bonds. The highest BCUT2D eigenvalue weighted by molar-refractivity contribution is 7.89. The fraction of sp³-hybridized carbons (Fsp3) is 0.529. The summed E-state index contributed by atoms with van der Waals surface area (Å²) in [7, 11) is -4.10. The maximum absolute atomic E-state index is 13.9. The van der Waals surface area contributed by atoms with Gasteiger partial charge in [0.2, 0.25) is 21.8 Å². The van der Waals surface area contributed by atoms with E-state index >= 15 is 0 Å². The van der Waals surface area contributed by atoms with E-state index in [0.717, 1.165) is 5.56 Å². The van der Waals surface area contributed by atoms with E-state index in [-0.39, 0.29) is 36.2 Å². The molecule has 48 heavy (non-hydrogen) atoms. The number of nitrogens with zero attached hydrogens (tertiary/aromatic N) is 2. The van der Waals surface area contributed by atoms with E-state index in [0.29, 0.717) is 12.0 Å². The predicted octanol–water partition coefficient (Wildman–Crippen LogP) is 3.44. The number of carbonyl (C=O) groups excluding carboxylic acids is 2. The van der Waals surface area contributed by atoms with Crippen molar-refractivity contribution in [2.45, 2.75) is 90.4 Å². The van der Waals surface area contributed by atoms with Crippen LogP contribution in [-0.2, 0) is 26.0 Å². The molecule has 14 heteroatoms. The molecule has 0 spiro atoms. The normalized spacial score (nSPS) is 15.5. The van der Waals surface area contributed by atoms with Gasteiger partial charge in [0.05, 0.1) is 23.3 Å². The van der Waals surface area contributed by atoms with E-state index in [1.165, 1.54) is 34.8 Å². The molecule has 1 unspecified atom stereocenters. The first kappa shape index (κ1) is 40.2. The lowest BCUT2D eigenvalue weighted by Crippen LogP contribution is -2.61. The lowest BCUT2D eigenvalue weighted by molar-refractivity contribution is -0.133. The van der Waals surface area contributed by atoms with Gasteiger partial charge in [-0.25, -0.2) is 13.2 Å². The van der Waals surface area contributed by atoms with Crippen LogP contribution >= 0.6 is 0 Å². The van der Waals surface area contributed by atoms with Gasteiger partial charge in [0.25, 0.3) is 0 Å². The summed E-state index contributed by atoms with van der Waals surface area (Å²) in [5, 5.41) is 40.6. The largest absolute Gasteiger partial charge is 0.465 e. The first-order valence-electron chi connectivity index (χ1n) is 16.0. The van der Waals surface area contributed by atoms with Crippen molar-refractivity contribution in [3.63, 3.8) is 0 Å². The van der Waals surface area contributed by atoms with E-state index in [4.69, 9.17) is 5.21 Å². The molecule has 6 N–H and O–H groups in total. The number of amides is 3. The molecule has 0 radical (unpaired) electrons. The van der Waals surface area contributed by atoms with Gasteiger partial charge in [-0.3, -0.25) is 9.59 Å². The van der Waals surface area contributed by atoms with Crippen molar-refractivity contribution < 1.29 is 38.2 Å². The molecule has 0 aliphatic carbocycles. The number of oxime groups is 1. The van der Waals surface area contributed by atoms with Crippen LogP contribution in [0.25, 0.3) is 0 Å². The Morgan fingerprint density at radius 1 is 0.917 bits per heavy atom. The Morgan fingerprint density at radius 3 is 2.02 bits per heavy atom. The summed E-state index contributed by atoms with van der Waals surface area (Å²) in [5.41, 5.74) is 0.472. The average molecular weight is 690 g/mol. The molecule has 0 saturated carbocycles. The molecular formula is C34H51N5O8S. The molecule has 266 valence electrons. The van der Waals surface area contributed by atoms with Crippen molar-refractivity contribution in [1.29, 1.82) is 0 Å². The van der Waals surface area contributed by atoms with Crippen LogP contribution in [0.5, 0.6) is 0 Å². The van der Waals surface area contributed by atoms with E-state index in [1.807, 2.05) is 51.1 Å². The molecular weight excluding hydrogens is 638 g/mol. The van der Waals surface area contributed by atoms with Gasteiger partial charge in [-0.1, -0.05) is 103 Å². The van der Waals surface area contributed by atoms with Crippen molar-refractivity contribution >= 4 is 34.1 Å². The number of rotatable bonds is 17. The minimum Gasteiger partial charge on any atom is -0.465 e. The quantitative estimate of drug-likeness (QED) is 0.0825. The summed E-state index contributed by atoms with van der Waals surface area (Å²) in [6.45, 7) is 12.2. The lowest BCUT2D eigenvalue weighted by atomic mass is 9.85. The molecule has 0 aliphatic heterocycles. The Hall–Kier alpha value is -4.01. The molecule has 0 aliphatic rings. The number of carbonyl (C=O) groups is 3. The Kier molecular flexibility index (Phi) is 15.0. The van der Waals surface area contributed by atoms with E-state index in [9.17, 15) is 33.0 Å². The van der Waals surface area contributed by atoms with Gasteiger partial charge in [-0.15, -0.1) is 0 Å². The van der Waals surface area contributed by atoms with Crippen molar-refractivity contribution in [2.75, 3.05) is 13.1 Å².